The number of para-hydroxylation sites is 2. The Morgan fingerprint density at radius 1 is 1.17 bits per heavy atom. The molecule has 0 saturated heterocycles. The highest BCUT2D eigenvalue weighted by Crippen LogP contribution is 2.24. The Hall–Kier alpha value is -2.96. The van der Waals surface area contributed by atoms with Gasteiger partial charge in [-0.25, -0.2) is 9.67 Å². The first-order valence-electron chi connectivity index (χ1n) is 10.7. The summed E-state index contributed by atoms with van der Waals surface area (Å²) < 4.78 is 3.32. The average Bonchev–Trinajstić information content (AvgIpc) is 2.88. The smallest absolute Gasteiger partial charge is 0.267 e. The van der Waals surface area contributed by atoms with Crippen LogP contribution in [0.3, 0.4) is 0 Å². The van der Waals surface area contributed by atoms with Gasteiger partial charge in [-0.05, 0) is 49.3 Å². The van der Waals surface area contributed by atoms with Crippen molar-refractivity contribution in [2.45, 2.75) is 58.5 Å². The van der Waals surface area contributed by atoms with Crippen LogP contribution in [0.2, 0.25) is 0 Å². The molecule has 0 fully saturated rings. The first-order valence-corrected chi connectivity index (χ1v) is 10.7. The zero-order valence-electron chi connectivity index (χ0n) is 17.9. The van der Waals surface area contributed by atoms with Crippen molar-refractivity contribution in [3.8, 4) is 0 Å². The Kier molecular flexibility index (Phi) is 5.70. The number of fused-ring (bicyclic) bond motifs is 2. The standard InChI is InChI=1S/C23H29N5O2/c1-15(2)22(23-24-18-11-7-8-12-19(18)27(23)3)25-20(29)14-28-21(30)13-16-9-5-4-6-10-17(16)26-28/h7-8,11-13,15,22H,4-6,9-10,14H2,1-3H3,(H,25,29). The van der Waals surface area contributed by atoms with E-state index in [4.69, 9.17) is 4.98 Å². The van der Waals surface area contributed by atoms with Gasteiger partial charge in [-0.1, -0.05) is 32.4 Å². The molecule has 2 heterocycles. The predicted octanol–water partition coefficient (Wildman–Crippen LogP) is 2.91. The second kappa shape index (κ2) is 8.42. The Bertz CT molecular complexity index is 1130. The monoisotopic (exact) mass is 407 g/mol. The van der Waals surface area contributed by atoms with Crippen molar-refractivity contribution in [3.05, 3.63) is 57.8 Å². The highest BCUT2D eigenvalue weighted by Gasteiger charge is 2.24. The molecule has 3 aromatic rings. The number of aryl methyl sites for hydroxylation is 3. The highest BCUT2D eigenvalue weighted by molar-refractivity contribution is 5.78. The summed E-state index contributed by atoms with van der Waals surface area (Å²) in [7, 11) is 1.96. The Morgan fingerprint density at radius 3 is 2.70 bits per heavy atom. The zero-order chi connectivity index (χ0) is 21.3. The summed E-state index contributed by atoms with van der Waals surface area (Å²) in [5, 5.41) is 7.59. The molecule has 0 spiro atoms. The lowest BCUT2D eigenvalue weighted by molar-refractivity contribution is -0.123. The van der Waals surface area contributed by atoms with Crippen LogP contribution in [-0.2, 0) is 31.2 Å². The van der Waals surface area contributed by atoms with E-state index in [1.807, 2.05) is 35.9 Å². The van der Waals surface area contributed by atoms with Crippen LogP contribution in [-0.4, -0.2) is 25.2 Å². The maximum atomic E-state index is 12.9. The molecule has 7 heteroatoms. The second-order valence-corrected chi connectivity index (χ2v) is 8.48. The van der Waals surface area contributed by atoms with Gasteiger partial charge in [0.2, 0.25) is 5.91 Å². The molecule has 7 nitrogen and oxygen atoms in total. The van der Waals surface area contributed by atoms with E-state index in [-0.39, 0.29) is 30.0 Å². The molecular formula is C23H29N5O2. The number of hydrogen-bond donors (Lipinski definition) is 1. The minimum absolute atomic E-state index is 0.0841. The fourth-order valence-corrected chi connectivity index (χ4v) is 4.22. The minimum Gasteiger partial charge on any atom is -0.344 e. The number of amides is 1. The quantitative estimate of drug-likeness (QED) is 0.660. The van der Waals surface area contributed by atoms with Crippen LogP contribution in [0.5, 0.6) is 0 Å². The molecule has 1 amide bonds. The summed E-state index contributed by atoms with van der Waals surface area (Å²) in [5.74, 6) is 0.715. The Morgan fingerprint density at radius 2 is 1.93 bits per heavy atom. The predicted molar refractivity (Wildman–Crippen MR) is 116 cm³/mol. The number of benzene rings is 1. The van der Waals surface area contributed by atoms with E-state index in [0.717, 1.165) is 60.2 Å². The number of imidazole rings is 1. The van der Waals surface area contributed by atoms with Gasteiger partial charge < -0.3 is 9.88 Å². The van der Waals surface area contributed by atoms with Gasteiger partial charge in [0.05, 0.1) is 22.8 Å². The van der Waals surface area contributed by atoms with Crippen molar-refractivity contribution in [2.24, 2.45) is 13.0 Å². The lowest BCUT2D eigenvalue weighted by atomic mass is 10.0. The first-order chi connectivity index (χ1) is 14.4. The maximum absolute atomic E-state index is 12.9. The third kappa shape index (κ3) is 4.01. The lowest BCUT2D eigenvalue weighted by Crippen LogP contribution is -2.38. The van der Waals surface area contributed by atoms with E-state index in [0.29, 0.717) is 0 Å². The number of hydrogen-bond acceptors (Lipinski definition) is 4. The van der Waals surface area contributed by atoms with Gasteiger partial charge >= 0.3 is 0 Å². The molecule has 1 aromatic carbocycles. The molecule has 0 bridgehead atoms. The van der Waals surface area contributed by atoms with Crippen molar-refractivity contribution >= 4 is 16.9 Å². The summed E-state index contributed by atoms with van der Waals surface area (Å²) in [6, 6.07) is 9.32. The van der Waals surface area contributed by atoms with Gasteiger partial charge in [-0.2, -0.15) is 5.10 Å². The molecule has 1 N–H and O–H groups in total. The summed E-state index contributed by atoms with van der Waals surface area (Å²) in [4.78, 5) is 30.1. The van der Waals surface area contributed by atoms with Crippen LogP contribution in [0.4, 0.5) is 0 Å². The molecule has 4 rings (SSSR count). The molecular weight excluding hydrogens is 378 g/mol. The molecule has 1 unspecified atom stereocenters. The van der Waals surface area contributed by atoms with Crippen LogP contribution >= 0.6 is 0 Å². The number of nitrogens with zero attached hydrogens (tertiary/aromatic N) is 4. The van der Waals surface area contributed by atoms with Crippen molar-refractivity contribution in [3.63, 3.8) is 0 Å². The number of rotatable bonds is 5. The Balaban J connectivity index is 1.56. The Labute approximate surface area is 176 Å². The molecule has 158 valence electrons. The summed E-state index contributed by atoms with van der Waals surface area (Å²) >= 11 is 0. The summed E-state index contributed by atoms with van der Waals surface area (Å²) in [6.07, 6.45) is 5.08. The van der Waals surface area contributed by atoms with Gasteiger partial charge in [0.15, 0.2) is 0 Å². The molecule has 0 aliphatic heterocycles. The van der Waals surface area contributed by atoms with Gasteiger partial charge in [0.1, 0.15) is 12.4 Å². The topological polar surface area (TPSA) is 81.8 Å². The van der Waals surface area contributed by atoms with Crippen LogP contribution in [0.25, 0.3) is 11.0 Å². The second-order valence-electron chi connectivity index (χ2n) is 8.48. The van der Waals surface area contributed by atoms with E-state index in [1.165, 1.54) is 4.68 Å². The molecule has 0 saturated carbocycles. The molecule has 2 aromatic heterocycles. The van der Waals surface area contributed by atoms with Crippen LogP contribution in [0.1, 0.15) is 56.2 Å². The van der Waals surface area contributed by atoms with Crippen molar-refractivity contribution in [2.75, 3.05) is 0 Å². The maximum Gasteiger partial charge on any atom is 0.267 e. The van der Waals surface area contributed by atoms with Gasteiger partial charge in [-0.3, -0.25) is 9.59 Å². The number of carbonyl (C=O) groups is 1. The van der Waals surface area contributed by atoms with Crippen LogP contribution in [0, 0.1) is 5.92 Å². The van der Waals surface area contributed by atoms with Gasteiger partial charge in [0, 0.05) is 13.1 Å². The molecule has 0 radical (unpaired) electrons. The van der Waals surface area contributed by atoms with E-state index >= 15 is 0 Å². The van der Waals surface area contributed by atoms with Gasteiger partial charge in [-0.15, -0.1) is 0 Å². The van der Waals surface area contributed by atoms with E-state index in [2.05, 4.69) is 24.3 Å². The first kappa shape index (κ1) is 20.3. The van der Waals surface area contributed by atoms with E-state index in [1.54, 1.807) is 6.07 Å². The fourth-order valence-electron chi connectivity index (χ4n) is 4.22. The summed E-state index contributed by atoms with van der Waals surface area (Å²) in [5.41, 5.74) is 3.70. The normalized spacial score (nSPS) is 15.1. The van der Waals surface area contributed by atoms with Crippen LogP contribution in [0.15, 0.2) is 35.1 Å². The zero-order valence-corrected chi connectivity index (χ0v) is 17.9. The van der Waals surface area contributed by atoms with Crippen molar-refractivity contribution in [1.29, 1.82) is 0 Å². The molecule has 1 atom stereocenters. The highest BCUT2D eigenvalue weighted by atomic mass is 16.2. The van der Waals surface area contributed by atoms with E-state index < -0.39 is 0 Å². The fraction of sp³-hybridized carbons (Fsp3) is 0.478. The SMILES string of the molecule is CC(C)C(NC(=O)Cn1nc2c(cc1=O)CCCCC2)c1nc2ccccc2n1C. The number of nitrogens with one attached hydrogen (secondary N) is 1. The third-order valence-electron chi connectivity index (χ3n) is 5.90. The minimum atomic E-state index is -0.258. The number of carbonyl (C=O) groups excluding carboxylic acids is 1. The van der Waals surface area contributed by atoms with E-state index in [9.17, 15) is 9.59 Å². The van der Waals surface area contributed by atoms with Crippen molar-refractivity contribution < 1.29 is 4.79 Å². The number of aromatic nitrogens is 4. The summed E-state index contributed by atoms with van der Waals surface area (Å²) in [6.45, 7) is 4.02. The van der Waals surface area contributed by atoms with Crippen LogP contribution < -0.4 is 10.9 Å². The molecule has 1 aliphatic rings. The largest absolute Gasteiger partial charge is 0.344 e. The average molecular weight is 408 g/mol. The molecule has 1 aliphatic carbocycles. The van der Waals surface area contributed by atoms with Gasteiger partial charge in [0.25, 0.3) is 5.56 Å². The third-order valence-corrected chi connectivity index (χ3v) is 5.90. The van der Waals surface area contributed by atoms with Crippen molar-refractivity contribution in [1.82, 2.24) is 24.6 Å². The lowest BCUT2D eigenvalue weighted by Gasteiger charge is -2.22. The molecule has 30 heavy (non-hydrogen) atoms.